The van der Waals surface area contributed by atoms with E-state index in [9.17, 15) is 0 Å². The van der Waals surface area contributed by atoms with E-state index in [4.69, 9.17) is 0 Å². The first-order chi connectivity index (χ1) is 12.9. The van der Waals surface area contributed by atoms with E-state index >= 15 is 0 Å². The summed E-state index contributed by atoms with van der Waals surface area (Å²) in [6, 6.07) is 26.4. The number of hydrogen-bond donors (Lipinski definition) is 0. The van der Waals surface area contributed by atoms with Crippen molar-refractivity contribution in [1.82, 2.24) is 24.7 Å². The van der Waals surface area contributed by atoms with Crippen LogP contribution in [0.1, 0.15) is 0 Å². The van der Waals surface area contributed by atoms with Gasteiger partial charge in [0.2, 0.25) is 0 Å². The molecule has 0 atom stereocenters. The topological polar surface area (TPSA) is 57.7 Å². The maximum Gasteiger partial charge on any atom is 0.0427 e. The van der Waals surface area contributed by atoms with Crippen LogP contribution < -0.4 is 4.98 Å². The van der Waals surface area contributed by atoms with E-state index in [2.05, 4.69) is 26.1 Å². The predicted molar refractivity (Wildman–Crippen MR) is 101 cm³/mol. The van der Waals surface area contributed by atoms with Crippen molar-refractivity contribution in [1.29, 1.82) is 0 Å². The number of imidazole rings is 1. The Kier molecular flexibility index (Phi) is 6.26. The van der Waals surface area contributed by atoms with Crippen LogP contribution in [0.3, 0.4) is 0 Å². The Hall–Kier alpha value is -3.08. The van der Waals surface area contributed by atoms with Crippen LogP contribution in [0.25, 0.3) is 28.2 Å². The fourth-order valence-electron chi connectivity index (χ4n) is 2.46. The molecular weight excluding hydrogens is 514 g/mol. The summed E-state index contributed by atoms with van der Waals surface area (Å²) in [5, 5.41) is 4.07. The molecule has 5 aromatic rings. The molecule has 0 bridgehead atoms. The standard InChI is InChI=1S/C11H8N.C10H7N4.Ir/c1-2-6-10(7-3-1)11-8-4-5-9-12-11;1-2-5-9-8(4-1)12-10(13-9)14-7-3-6-11-14;/h1-6,8-9H;1-7H;/q2*-1;. The molecule has 5 nitrogen and oxygen atoms in total. The fourth-order valence-corrected chi connectivity index (χ4v) is 2.46. The van der Waals surface area contributed by atoms with Crippen molar-refractivity contribution in [3.8, 4) is 17.2 Å². The molecule has 0 spiro atoms. The van der Waals surface area contributed by atoms with Gasteiger partial charge in [0.25, 0.3) is 0 Å². The van der Waals surface area contributed by atoms with E-state index in [0.717, 1.165) is 22.3 Å². The average Bonchev–Trinajstić information content (AvgIpc) is 3.39. The Bertz CT molecular complexity index is 1000. The third kappa shape index (κ3) is 4.56. The summed E-state index contributed by atoms with van der Waals surface area (Å²) in [4.78, 5) is 12.9. The number of rotatable bonds is 2. The predicted octanol–water partition coefficient (Wildman–Crippen LogP) is 3.92. The summed E-state index contributed by atoms with van der Waals surface area (Å²) < 4.78 is 1.65. The Morgan fingerprint density at radius 3 is 2.41 bits per heavy atom. The number of aromatic nitrogens is 5. The van der Waals surface area contributed by atoms with Crippen LogP contribution in [0, 0.1) is 6.07 Å². The van der Waals surface area contributed by atoms with Crippen LogP contribution in [0.4, 0.5) is 0 Å². The minimum Gasteiger partial charge on any atom is -0.357 e. The van der Waals surface area contributed by atoms with Gasteiger partial charge in [0.1, 0.15) is 0 Å². The van der Waals surface area contributed by atoms with Crippen molar-refractivity contribution in [3.05, 3.63) is 97.5 Å². The van der Waals surface area contributed by atoms with Crippen LogP contribution in [-0.2, 0) is 20.1 Å². The van der Waals surface area contributed by atoms with E-state index in [1.807, 2.05) is 79.0 Å². The van der Waals surface area contributed by atoms with E-state index in [1.165, 1.54) is 0 Å². The van der Waals surface area contributed by atoms with E-state index in [1.54, 1.807) is 17.1 Å². The van der Waals surface area contributed by atoms with Crippen molar-refractivity contribution < 1.29 is 20.1 Å². The molecule has 27 heavy (non-hydrogen) atoms. The van der Waals surface area contributed by atoms with E-state index in [0.29, 0.717) is 5.95 Å². The van der Waals surface area contributed by atoms with Crippen molar-refractivity contribution in [3.63, 3.8) is 0 Å². The minimum absolute atomic E-state index is 0. The SMILES string of the molecule is [Ir].[c-]1ccccc1-c1ccccn1.c1ccc2[n-]c(-n3cccn3)nc2c1. The first-order valence-corrected chi connectivity index (χ1v) is 8.18. The number of hydrogen-bond acceptors (Lipinski definition) is 3. The second kappa shape index (κ2) is 9.03. The molecule has 3 aromatic heterocycles. The third-order valence-electron chi connectivity index (χ3n) is 3.68. The molecular formula is C21H15IrN5-2. The zero-order valence-electron chi connectivity index (χ0n) is 14.2. The van der Waals surface area contributed by atoms with Crippen molar-refractivity contribution in [2.45, 2.75) is 0 Å². The van der Waals surface area contributed by atoms with Gasteiger partial charge >= 0.3 is 0 Å². The third-order valence-corrected chi connectivity index (χ3v) is 3.68. The summed E-state index contributed by atoms with van der Waals surface area (Å²) in [5.74, 6) is 0.621. The summed E-state index contributed by atoms with van der Waals surface area (Å²) in [5.41, 5.74) is 3.81. The molecule has 1 radical (unpaired) electrons. The monoisotopic (exact) mass is 530 g/mol. The molecule has 0 saturated heterocycles. The Balaban J connectivity index is 0.000000152. The Morgan fingerprint density at radius 2 is 1.70 bits per heavy atom. The van der Waals surface area contributed by atoms with Gasteiger partial charge in [0, 0.05) is 49.5 Å². The van der Waals surface area contributed by atoms with Gasteiger partial charge in [-0.05, 0) is 24.0 Å². The molecule has 0 amide bonds. The van der Waals surface area contributed by atoms with Crippen LogP contribution in [0.2, 0.25) is 0 Å². The number of nitrogens with zero attached hydrogens (tertiary/aromatic N) is 5. The summed E-state index contributed by atoms with van der Waals surface area (Å²) in [7, 11) is 0. The van der Waals surface area contributed by atoms with Crippen LogP contribution in [0.15, 0.2) is 91.4 Å². The second-order valence-electron chi connectivity index (χ2n) is 5.45. The van der Waals surface area contributed by atoms with Crippen LogP contribution in [0.5, 0.6) is 0 Å². The molecule has 135 valence electrons. The molecule has 0 aliphatic heterocycles. The van der Waals surface area contributed by atoms with Crippen molar-refractivity contribution in [2.75, 3.05) is 0 Å². The van der Waals surface area contributed by atoms with Crippen molar-refractivity contribution >= 4 is 11.0 Å². The molecule has 0 unspecified atom stereocenters. The molecule has 3 heterocycles. The van der Waals surface area contributed by atoms with Gasteiger partial charge in [0.05, 0.1) is 0 Å². The molecule has 2 aromatic carbocycles. The quantitative estimate of drug-likeness (QED) is 0.326. The van der Waals surface area contributed by atoms with Gasteiger partial charge < -0.3 is 19.6 Å². The summed E-state index contributed by atoms with van der Waals surface area (Å²) in [6.07, 6.45) is 5.32. The number of para-hydroxylation sites is 2. The molecule has 0 aliphatic carbocycles. The largest absolute Gasteiger partial charge is 0.357 e. The normalized spacial score (nSPS) is 9.93. The molecule has 0 N–H and O–H groups in total. The smallest absolute Gasteiger partial charge is 0.0427 e. The first kappa shape index (κ1) is 18.7. The van der Waals surface area contributed by atoms with Gasteiger partial charge in [-0.3, -0.25) is 0 Å². The Labute approximate surface area is 170 Å². The van der Waals surface area contributed by atoms with Crippen LogP contribution in [-0.4, -0.2) is 19.7 Å². The minimum atomic E-state index is 0. The van der Waals surface area contributed by atoms with Crippen molar-refractivity contribution in [2.24, 2.45) is 0 Å². The average molecular weight is 530 g/mol. The maximum absolute atomic E-state index is 4.34. The van der Waals surface area contributed by atoms with Gasteiger partial charge in [-0.1, -0.05) is 36.4 Å². The van der Waals surface area contributed by atoms with E-state index < -0.39 is 0 Å². The van der Waals surface area contributed by atoms with Gasteiger partial charge in [-0.15, -0.1) is 35.9 Å². The van der Waals surface area contributed by atoms with Gasteiger partial charge in [-0.25, -0.2) is 5.10 Å². The zero-order chi connectivity index (χ0) is 17.6. The Morgan fingerprint density at radius 1 is 0.852 bits per heavy atom. The molecule has 0 saturated carbocycles. The maximum atomic E-state index is 4.34. The first-order valence-electron chi connectivity index (χ1n) is 8.18. The molecule has 0 fully saturated rings. The van der Waals surface area contributed by atoms with Crippen LogP contribution >= 0.6 is 0 Å². The van der Waals surface area contributed by atoms with Gasteiger partial charge in [0.15, 0.2) is 0 Å². The number of benzene rings is 2. The zero-order valence-corrected chi connectivity index (χ0v) is 16.6. The number of pyridine rings is 1. The van der Waals surface area contributed by atoms with Gasteiger partial charge in [-0.2, -0.15) is 0 Å². The fraction of sp³-hybridized carbons (Fsp3) is 0. The molecule has 6 heteroatoms. The summed E-state index contributed by atoms with van der Waals surface area (Å²) in [6.45, 7) is 0. The molecule has 5 rings (SSSR count). The molecule has 0 aliphatic rings. The van der Waals surface area contributed by atoms with E-state index in [-0.39, 0.29) is 20.1 Å². The second-order valence-corrected chi connectivity index (χ2v) is 5.45. The number of fused-ring (bicyclic) bond motifs is 1. The summed E-state index contributed by atoms with van der Waals surface area (Å²) >= 11 is 0.